The molecule has 3 aromatic rings. The van der Waals surface area contributed by atoms with E-state index in [-0.39, 0.29) is 18.5 Å². The first-order valence-corrected chi connectivity index (χ1v) is 12.5. The molecule has 0 saturated heterocycles. The van der Waals surface area contributed by atoms with Crippen LogP contribution in [0.4, 0.5) is 28.0 Å². The molecule has 0 aliphatic carbocycles. The van der Waals surface area contributed by atoms with Gasteiger partial charge in [0.05, 0.1) is 40.0 Å². The van der Waals surface area contributed by atoms with Crippen molar-refractivity contribution in [1.29, 1.82) is 0 Å². The van der Waals surface area contributed by atoms with E-state index in [9.17, 15) is 22.4 Å². The van der Waals surface area contributed by atoms with Crippen molar-refractivity contribution in [2.45, 2.75) is 55.9 Å². The molecule has 0 saturated carbocycles. The number of anilines is 1. The van der Waals surface area contributed by atoms with Gasteiger partial charge in [0.15, 0.2) is 0 Å². The molecule has 0 fully saturated rings. The van der Waals surface area contributed by atoms with Gasteiger partial charge in [-0.05, 0) is 61.9 Å². The van der Waals surface area contributed by atoms with Crippen LogP contribution in [0.25, 0.3) is 5.69 Å². The van der Waals surface area contributed by atoms with E-state index in [1.807, 2.05) is 25.3 Å². The van der Waals surface area contributed by atoms with Gasteiger partial charge in [-0.1, -0.05) is 19.4 Å². The molecule has 1 N–H and O–H groups in total. The largest absolute Gasteiger partial charge is 0.409 e. The van der Waals surface area contributed by atoms with Gasteiger partial charge in [0.2, 0.25) is 0 Å². The number of aromatic nitrogens is 3. The molecule has 0 spiro atoms. The molecule has 2 amide bonds. The van der Waals surface area contributed by atoms with Gasteiger partial charge in [-0.2, -0.15) is 18.3 Å². The number of rotatable bonds is 6. The van der Waals surface area contributed by atoms with E-state index in [0.29, 0.717) is 29.9 Å². The number of hydrogen-bond donors (Lipinski definition) is 1. The quantitative estimate of drug-likeness (QED) is 0.325. The summed E-state index contributed by atoms with van der Waals surface area (Å²) < 4.78 is 56.9. The lowest BCUT2D eigenvalue weighted by Crippen LogP contribution is -2.55. The number of thioether (sulfide) groups is 1. The normalized spacial score (nSPS) is 16.6. The molecule has 1 aromatic carbocycles. The van der Waals surface area contributed by atoms with Crippen molar-refractivity contribution in [1.82, 2.24) is 20.1 Å². The zero-order valence-electron chi connectivity index (χ0n) is 19.2. The lowest BCUT2D eigenvalue weighted by atomic mass is 10.0. The van der Waals surface area contributed by atoms with Crippen LogP contribution in [-0.4, -0.2) is 39.3 Å². The Bertz CT molecular complexity index is 1180. The molecule has 2 atom stereocenters. The Morgan fingerprint density at radius 2 is 1.97 bits per heavy atom. The second kappa shape index (κ2) is 10.3. The topological polar surface area (TPSA) is 63.1 Å². The van der Waals surface area contributed by atoms with E-state index in [1.165, 1.54) is 46.9 Å². The monoisotopic (exact) mass is 507 g/mol. The summed E-state index contributed by atoms with van der Waals surface area (Å²) in [6, 6.07) is 7.49. The number of nitrogens with one attached hydrogen (secondary N) is 1. The van der Waals surface area contributed by atoms with E-state index < -0.39 is 30.1 Å². The van der Waals surface area contributed by atoms with Crippen LogP contribution in [0, 0.1) is 5.82 Å². The minimum absolute atomic E-state index is 0.0659. The maximum atomic E-state index is 14.0. The third kappa shape index (κ3) is 5.29. The molecule has 1 aliphatic rings. The first kappa shape index (κ1) is 25.0. The van der Waals surface area contributed by atoms with Gasteiger partial charge in [-0.25, -0.2) is 18.9 Å². The summed E-state index contributed by atoms with van der Waals surface area (Å²) in [4.78, 5) is 18.7. The van der Waals surface area contributed by atoms with Crippen LogP contribution < -0.4 is 10.2 Å². The molecule has 1 aliphatic heterocycles. The highest BCUT2D eigenvalue weighted by molar-refractivity contribution is 7.98. The fourth-order valence-corrected chi connectivity index (χ4v) is 4.69. The minimum Gasteiger partial charge on any atom is -0.329 e. The average molecular weight is 508 g/mol. The summed E-state index contributed by atoms with van der Waals surface area (Å²) in [5.74, 6) is -0.436. The number of benzene rings is 1. The van der Waals surface area contributed by atoms with Gasteiger partial charge in [-0.3, -0.25) is 4.90 Å². The number of urea groups is 1. The smallest absolute Gasteiger partial charge is 0.329 e. The Kier molecular flexibility index (Phi) is 7.34. The van der Waals surface area contributed by atoms with Crippen molar-refractivity contribution in [2.24, 2.45) is 0 Å². The van der Waals surface area contributed by atoms with E-state index >= 15 is 0 Å². The van der Waals surface area contributed by atoms with Gasteiger partial charge < -0.3 is 5.32 Å². The zero-order valence-corrected chi connectivity index (χ0v) is 20.0. The van der Waals surface area contributed by atoms with Crippen molar-refractivity contribution in [3.05, 3.63) is 65.9 Å². The van der Waals surface area contributed by atoms with Crippen molar-refractivity contribution < 1.29 is 22.4 Å². The first-order chi connectivity index (χ1) is 16.7. The second-order valence-electron chi connectivity index (χ2n) is 8.23. The third-order valence-electron chi connectivity index (χ3n) is 5.93. The highest BCUT2D eigenvalue weighted by Gasteiger charge is 2.49. The molecular weight excluding hydrogens is 482 g/mol. The van der Waals surface area contributed by atoms with Crippen molar-refractivity contribution in [3.8, 4) is 5.69 Å². The second-order valence-corrected chi connectivity index (χ2v) is 9.05. The van der Waals surface area contributed by atoms with Gasteiger partial charge in [0, 0.05) is 0 Å². The van der Waals surface area contributed by atoms with E-state index in [2.05, 4.69) is 15.4 Å². The van der Waals surface area contributed by atoms with Crippen LogP contribution >= 0.6 is 11.8 Å². The number of hydrogen-bond acceptors (Lipinski definition) is 4. The van der Waals surface area contributed by atoms with Crippen molar-refractivity contribution in [3.63, 3.8) is 0 Å². The minimum atomic E-state index is -4.62. The van der Waals surface area contributed by atoms with Gasteiger partial charge >= 0.3 is 12.2 Å². The molecule has 3 heterocycles. The van der Waals surface area contributed by atoms with E-state index in [0.717, 1.165) is 9.93 Å². The number of carbonyl (C=O) groups excluding carboxylic acids is 1. The van der Waals surface area contributed by atoms with Crippen molar-refractivity contribution in [2.75, 3.05) is 11.2 Å². The molecule has 6 nitrogen and oxygen atoms in total. The van der Waals surface area contributed by atoms with Crippen LogP contribution in [0.2, 0.25) is 0 Å². The number of amides is 2. The number of halogens is 4. The molecule has 186 valence electrons. The SMILES string of the molecule is CCCC(NC(=O)N1c2cnn(-c3ccc(F)cc3)c2CCC1C(F)(F)F)c1cccc(SC)n1. The standard InChI is InChI=1S/C24H25F4N5OS/c1-3-5-17(18-6-4-7-22(30-18)35-2)31-23(34)32-20-14-29-33(16-10-8-15(25)9-11-16)19(20)12-13-21(32)24(26,27)28/h4,6-11,14,17,21H,3,5,12-13H2,1-2H3,(H,31,34). The van der Waals surface area contributed by atoms with Crippen LogP contribution in [0.3, 0.4) is 0 Å². The number of nitrogens with zero attached hydrogens (tertiary/aromatic N) is 4. The van der Waals surface area contributed by atoms with Crippen LogP contribution in [0.1, 0.15) is 43.6 Å². The maximum absolute atomic E-state index is 14.0. The molecule has 11 heteroatoms. The summed E-state index contributed by atoms with van der Waals surface area (Å²) in [7, 11) is 0. The molecule has 2 unspecified atom stereocenters. The predicted molar refractivity (Wildman–Crippen MR) is 126 cm³/mol. The lowest BCUT2D eigenvalue weighted by molar-refractivity contribution is -0.149. The summed E-state index contributed by atoms with van der Waals surface area (Å²) in [5, 5.41) is 7.77. The lowest BCUT2D eigenvalue weighted by Gasteiger charge is -2.37. The number of carbonyl (C=O) groups is 1. The first-order valence-electron chi connectivity index (χ1n) is 11.2. The molecule has 35 heavy (non-hydrogen) atoms. The Morgan fingerprint density at radius 3 is 2.63 bits per heavy atom. The average Bonchev–Trinajstić information content (AvgIpc) is 3.27. The Hall–Kier alpha value is -3.08. The summed E-state index contributed by atoms with van der Waals surface area (Å²) in [6.07, 6.45) is -0.509. The molecular formula is C24H25F4N5OS. The van der Waals surface area contributed by atoms with Gasteiger partial charge in [0.25, 0.3) is 0 Å². The van der Waals surface area contributed by atoms with Gasteiger partial charge in [-0.15, -0.1) is 11.8 Å². The molecule has 0 radical (unpaired) electrons. The fraction of sp³-hybridized carbons (Fsp3) is 0.375. The summed E-state index contributed by atoms with van der Waals surface area (Å²) in [5.41, 5.74) is 1.64. The number of pyridine rings is 1. The predicted octanol–water partition coefficient (Wildman–Crippen LogP) is 6.06. The Morgan fingerprint density at radius 1 is 1.23 bits per heavy atom. The summed E-state index contributed by atoms with van der Waals surface area (Å²) in [6.45, 7) is 1.93. The highest BCUT2D eigenvalue weighted by atomic mass is 32.2. The number of alkyl halides is 3. The fourth-order valence-electron chi connectivity index (χ4n) is 4.28. The van der Waals surface area contributed by atoms with Gasteiger partial charge in [0.1, 0.15) is 11.9 Å². The molecule has 2 aromatic heterocycles. The maximum Gasteiger partial charge on any atom is 0.409 e. The number of fused-ring (bicyclic) bond motifs is 1. The summed E-state index contributed by atoms with van der Waals surface area (Å²) >= 11 is 1.44. The van der Waals surface area contributed by atoms with E-state index in [1.54, 1.807) is 6.07 Å². The zero-order chi connectivity index (χ0) is 25.2. The van der Waals surface area contributed by atoms with Crippen LogP contribution in [-0.2, 0) is 6.42 Å². The van der Waals surface area contributed by atoms with Crippen LogP contribution in [0.5, 0.6) is 0 Å². The molecule has 4 rings (SSSR count). The van der Waals surface area contributed by atoms with Crippen LogP contribution in [0.15, 0.2) is 53.7 Å². The van der Waals surface area contributed by atoms with Crippen molar-refractivity contribution >= 4 is 23.5 Å². The highest BCUT2D eigenvalue weighted by Crippen LogP contribution is 2.39. The molecule has 0 bridgehead atoms. The van der Waals surface area contributed by atoms with E-state index in [4.69, 9.17) is 0 Å². The third-order valence-corrected chi connectivity index (χ3v) is 6.57. The Labute approximate surface area is 204 Å². The Balaban J connectivity index is 1.70.